The van der Waals surface area contributed by atoms with E-state index in [4.69, 9.17) is 4.74 Å². The summed E-state index contributed by atoms with van der Waals surface area (Å²) < 4.78 is 5.74. The molecular weight excluding hydrogens is 320 g/mol. The van der Waals surface area contributed by atoms with E-state index in [0.29, 0.717) is 25.1 Å². The highest BCUT2D eigenvalue weighted by molar-refractivity contribution is 5.79. The minimum absolute atomic E-state index is 0.00156. The van der Waals surface area contributed by atoms with Crippen molar-refractivity contribution in [3.63, 3.8) is 0 Å². The Labute approximate surface area is 147 Å². The summed E-state index contributed by atoms with van der Waals surface area (Å²) in [4.78, 5) is 22.4. The third kappa shape index (κ3) is 6.00. The molecule has 0 aromatic heterocycles. The van der Waals surface area contributed by atoms with Crippen molar-refractivity contribution < 1.29 is 14.5 Å². The number of nitro groups is 1. The zero-order valence-corrected chi connectivity index (χ0v) is 14.2. The van der Waals surface area contributed by atoms with E-state index < -0.39 is 4.92 Å². The van der Waals surface area contributed by atoms with Crippen LogP contribution in [0.2, 0.25) is 0 Å². The summed E-state index contributed by atoms with van der Waals surface area (Å²) in [7, 11) is 0. The van der Waals surface area contributed by atoms with Crippen molar-refractivity contribution in [2.75, 3.05) is 13.2 Å². The molecule has 0 bridgehead atoms. The van der Waals surface area contributed by atoms with E-state index in [9.17, 15) is 14.9 Å². The van der Waals surface area contributed by atoms with Crippen LogP contribution in [0.5, 0.6) is 0 Å². The highest BCUT2D eigenvalue weighted by Gasteiger charge is 2.15. The fourth-order valence-electron chi connectivity index (χ4n) is 2.45. The van der Waals surface area contributed by atoms with Crippen molar-refractivity contribution in [3.8, 4) is 0 Å². The van der Waals surface area contributed by atoms with Crippen LogP contribution in [0.25, 0.3) is 0 Å². The number of nitro benzene ring substituents is 1. The molecule has 1 amide bonds. The fraction of sp³-hybridized carbons (Fsp3) is 0.316. The summed E-state index contributed by atoms with van der Waals surface area (Å²) in [5, 5.41) is 13.7. The largest absolute Gasteiger partial charge is 0.374 e. The van der Waals surface area contributed by atoms with Crippen LogP contribution in [0, 0.1) is 10.1 Å². The number of benzene rings is 2. The van der Waals surface area contributed by atoms with Crippen LogP contribution in [-0.2, 0) is 16.0 Å². The summed E-state index contributed by atoms with van der Waals surface area (Å²) in [6.07, 6.45) is 0.682. The molecule has 132 valence electrons. The maximum Gasteiger partial charge on any atom is 0.273 e. The average Bonchev–Trinajstić information content (AvgIpc) is 2.62. The summed E-state index contributed by atoms with van der Waals surface area (Å²) >= 11 is 0. The van der Waals surface area contributed by atoms with Gasteiger partial charge >= 0.3 is 0 Å². The van der Waals surface area contributed by atoms with Gasteiger partial charge < -0.3 is 10.1 Å². The molecule has 6 heteroatoms. The SMILES string of the molecule is C[C@@H](OCCCNC(=O)Cc1ccccc1[N+](=O)[O-])c1ccccc1. The van der Waals surface area contributed by atoms with Gasteiger partial charge in [-0.05, 0) is 18.9 Å². The Hall–Kier alpha value is -2.73. The van der Waals surface area contributed by atoms with E-state index in [1.54, 1.807) is 18.2 Å². The molecule has 2 aromatic rings. The summed E-state index contributed by atoms with van der Waals surface area (Å²) in [5.74, 6) is -0.231. The molecule has 6 nitrogen and oxygen atoms in total. The van der Waals surface area contributed by atoms with E-state index in [1.807, 2.05) is 37.3 Å². The van der Waals surface area contributed by atoms with Gasteiger partial charge in [-0.2, -0.15) is 0 Å². The minimum atomic E-state index is -0.471. The van der Waals surface area contributed by atoms with Crippen molar-refractivity contribution in [2.24, 2.45) is 0 Å². The summed E-state index contributed by atoms with van der Waals surface area (Å²) in [5.41, 5.74) is 1.50. The number of amides is 1. The number of nitrogens with one attached hydrogen (secondary N) is 1. The Morgan fingerprint density at radius 3 is 2.56 bits per heavy atom. The number of ether oxygens (including phenoxy) is 1. The molecule has 2 rings (SSSR count). The fourth-order valence-corrected chi connectivity index (χ4v) is 2.45. The van der Waals surface area contributed by atoms with Crippen molar-refractivity contribution in [2.45, 2.75) is 25.9 Å². The molecule has 1 atom stereocenters. The van der Waals surface area contributed by atoms with Crippen molar-refractivity contribution in [3.05, 3.63) is 75.8 Å². The molecule has 2 aromatic carbocycles. The first-order valence-corrected chi connectivity index (χ1v) is 8.23. The molecule has 0 heterocycles. The smallest absolute Gasteiger partial charge is 0.273 e. The molecule has 25 heavy (non-hydrogen) atoms. The molecule has 0 radical (unpaired) electrons. The van der Waals surface area contributed by atoms with Gasteiger partial charge in [-0.3, -0.25) is 14.9 Å². The number of hydrogen-bond acceptors (Lipinski definition) is 4. The highest BCUT2D eigenvalue weighted by Crippen LogP contribution is 2.18. The van der Waals surface area contributed by atoms with E-state index >= 15 is 0 Å². The second kappa shape index (κ2) is 9.54. The zero-order valence-electron chi connectivity index (χ0n) is 14.2. The first-order chi connectivity index (χ1) is 12.1. The van der Waals surface area contributed by atoms with Gasteiger partial charge in [0, 0.05) is 24.8 Å². The lowest BCUT2D eigenvalue weighted by Gasteiger charge is -2.13. The van der Waals surface area contributed by atoms with Crippen LogP contribution in [0.15, 0.2) is 54.6 Å². The first kappa shape index (κ1) is 18.6. The van der Waals surface area contributed by atoms with E-state index in [2.05, 4.69) is 5.32 Å². The number of nitrogens with zero attached hydrogens (tertiary/aromatic N) is 1. The Morgan fingerprint density at radius 1 is 1.16 bits per heavy atom. The van der Waals surface area contributed by atoms with Crippen LogP contribution >= 0.6 is 0 Å². The van der Waals surface area contributed by atoms with Gasteiger partial charge in [0.25, 0.3) is 5.69 Å². The summed E-state index contributed by atoms with van der Waals surface area (Å²) in [6, 6.07) is 16.2. The second-order valence-electron chi connectivity index (χ2n) is 5.69. The molecule has 0 saturated heterocycles. The molecule has 0 aliphatic carbocycles. The topological polar surface area (TPSA) is 81.5 Å². The van der Waals surface area contributed by atoms with Crippen LogP contribution in [0.4, 0.5) is 5.69 Å². The van der Waals surface area contributed by atoms with Gasteiger partial charge in [0.1, 0.15) is 0 Å². The molecule has 1 N–H and O–H groups in total. The standard InChI is InChI=1S/C19H22N2O4/c1-15(16-8-3-2-4-9-16)25-13-7-12-20-19(22)14-17-10-5-6-11-18(17)21(23)24/h2-6,8-11,15H,7,12-14H2,1H3,(H,20,22)/t15-/m1/s1. The Morgan fingerprint density at radius 2 is 1.84 bits per heavy atom. The lowest BCUT2D eigenvalue weighted by atomic mass is 10.1. The Balaban J connectivity index is 1.68. The van der Waals surface area contributed by atoms with Gasteiger partial charge in [-0.15, -0.1) is 0 Å². The van der Waals surface area contributed by atoms with Gasteiger partial charge in [-0.25, -0.2) is 0 Å². The lowest BCUT2D eigenvalue weighted by Crippen LogP contribution is -2.27. The van der Waals surface area contributed by atoms with E-state index in [1.165, 1.54) is 6.07 Å². The molecule has 0 unspecified atom stereocenters. The second-order valence-corrected chi connectivity index (χ2v) is 5.69. The number of hydrogen-bond donors (Lipinski definition) is 1. The molecule has 0 aliphatic rings. The number of rotatable bonds is 9. The van der Waals surface area contributed by atoms with Crippen molar-refractivity contribution >= 4 is 11.6 Å². The molecule has 0 fully saturated rings. The van der Waals surface area contributed by atoms with Crippen LogP contribution in [-0.4, -0.2) is 24.0 Å². The quantitative estimate of drug-likeness (QED) is 0.430. The van der Waals surface area contributed by atoms with Crippen LogP contribution in [0.3, 0.4) is 0 Å². The van der Waals surface area contributed by atoms with Gasteiger partial charge in [0.15, 0.2) is 0 Å². The van der Waals surface area contributed by atoms with Crippen molar-refractivity contribution in [1.82, 2.24) is 5.32 Å². The van der Waals surface area contributed by atoms with Crippen molar-refractivity contribution in [1.29, 1.82) is 0 Å². The monoisotopic (exact) mass is 342 g/mol. The number of carbonyl (C=O) groups excluding carboxylic acids is 1. The normalized spacial score (nSPS) is 11.7. The van der Waals surface area contributed by atoms with Crippen LogP contribution in [0.1, 0.15) is 30.6 Å². The molecule has 0 saturated carbocycles. The Bertz CT molecular complexity index is 704. The van der Waals surface area contributed by atoms with Gasteiger partial charge in [0.05, 0.1) is 17.4 Å². The highest BCUT2D eigenvalue weighted by atomic mass is 16.6. The van der Waals surface area contributed by atoms with Crippen LogP contribution < -0.4 is 5.32 Å². The lowest BCUT2D eigenvalue weighted by molar-refractivity contribution is -0.385. The first-order valence-electron chi connectivity index (χ1n) is 8.23. The predicted octanol–water partition coefficient (Wildman–Crippen LogP) is 3.42. The summed E-state index contributed by atoms with van der Waals surface area (Å²) in [6.45, 7) is 2.99. The molecule has 0 aliphatic heterocycles. The third-order valence-electron chi connectivity index (χ3n) is 3.82. The Kier molecular flexibility index (Phi) is 7.10. The predicted molar refractivity (Wildman–Crippen MR) is 95.2 cm³/mol. The third-order valence-corrected chi connectivity index (χ3v) is 3.82. The number of carbonyl (C=O) groups is 1. The molecular formula is C19H22N2O4. The van der Waals surface area contributed by atoms with E-state index in [0.717, 1.165) is 5.56 Å². The zero-order chi connectivity index (χ0) is 18.1. The van der Waals surface area contributed by atoms with Gasteiger partial charge in [-0.1, -0.05) is 48.5 Å². The molecule has 0 spiro atoms. The minimum Gasteiger partial charge on any atom is -0.374 e. The number of para-hydroxylation sites is 1. The van der Waals surface area contributed by atoms with Gasteiger partial charge in [0.2, 0.25) is 5.91 Å². The maximum absolute atomic E-state index is 11.9. The average molecular weight is 342 g/mol. The van der Waals surface area contributed by atoms with E-state index in [-0.39, 0.29) is 24.1 Å². The maximum atomic E-state index is 11.9.